The van der Waals surface area contributed by atoms with Crippen LogP contribution in [0.5, 0.6) is 0 Å². The molecule has 0 aliphatic carbocycles. The zero-order valence-electron chi connectivity index (χ0n) is 39.6. The van der Waals surface area contributed by atoms with Crippen molar-refractivity contribution in [3.63, 3.8) is 0 Å². The molecule has 0 atom stereocenters. The molecular formula is C66H46N6S. The molecule has 5 heterocycles. The van der Waals surface area contributed by atoms with Crippen LogP contribution in [0.15, 0.2) is 280 Å². The van der Waals surface area contributed by atoms with Crippen molar-refractivity contribution in [2.24, 2.45) is 0 Å². The summed E-state index contributed by atoms with van der Waals surface area (Å²) in [6.45, 7) is 0. The first-order valence-electron chi connectivity index (χ1n) is 24.4. The maximum atomic E-state index is 4.39. The molecule has 7 heteroatoms. The van der Waals surface area contributed by atoms with E-state index < -0.39 is 0 Å². The number of pyridine rings is 2. The molecule has 0 bridgehead atoms. The molecule has 0 spiro atoms. The molecule has 5 aromatic heterocycles. The van der Waals surface area contributed by atoms with Crippen molar-refractivity contribution in [1.82, 2.24) is 19.1 Å². The number of hydrogen-bond donors (Lipinski definition) is 0. The summed E-state index contributed by atoms with van der Waals surface area (Å²) in [5, 5.41) is 2.46. The van der Waals surface area contributed by atoms with Gasteiger partial charge in [-0.05, 0) is 144 Å². The van der Waals surface area contributed by atoms with Crippen molar-refractivity contribution in [2.75, 3.05) is 9.80 Å². The molecular weight excluding hydrogens is 909 g/mol. The van der Waals surface area contributed by atoms with Crippen molar-refractivity contribution in [3.8, 4) is 56.4 Å². The number of para-hydroxylation sites is 2. The van der Waals surface area contributed by atoms with E-state index in [4.69, 9.17) is 0 Å². The van der Waals surface area contributed by atoms with Crippen LogP contribution in [0.3, 0.4) is 0 Å². The second-order valence-corrected chi connectivity index (χ2v) is 19.0. The van der Waals surface area contributed by atoms with Crippen LogP contribution in [0.4, 0.5) is 34.1 Å². The summed E-state index contributed by atoms with van der Waals surface area (Å²) in [6, 6.07) is 91.1. The van der Waals surface area contributed by atoms with Crippen LogP contribution in [-0.2, 0) is 0 Å². The van der Waals surface area contributed by atoms with Gasteiger partial charge in [0, 0.05) is 90.5 Å². The molecule has 0 saturated carbocycles. The fraction of sp³-hybridized carbons (Fsp3) is 0. The number of anilines is 6. The Kier molecular flexibility index (Phi) is 11.3. The largest absolute Gasteiger partial charge is 0.310 e. The molecule has 73 heavy (non-hydrogen) atoms. The molecule has 8 aromatic carbocycles. The first kappa shape index (κ1) is 43.5. The first-order valence-corrected chi connectivity index (χ1v) is 25.3. The van der Waals surface area contributed by atoms with Crippen molar-refractivity contribution < 1.29 is 0 Å². The summed E-state index contributed by atoms with van der Waals surface area (Å²) < 4.78 is 7.13. The van der Waals surface area contributed by atoms with E-state index in [2.05, 4.69) is 284 Å². The first-order chi connectivity index (χ1) is 36.2. The van der Waals surface area contributed by atoms with E-state index in [1.807, 2.05) is 36.1 Å². The summed E-state index contributed by atoms with van der Waals surface area (Å²) in [6.07, 6.45) is 7.45. The number of nitrogens with zero attached hydrogens (tertiary/aromatic N) is 6. The normalized spacial score (nSPS) is 11.3. The molecule has 13 aromatic rings. The highest BCUT2D eigenvalue weighted by molar-refractivity contribution is 7.25. The number of benzene rings is 8. The van der Waals surface area contributed by atoms with Gasteiger partial charge in [-0.25, -0.2) is 0 Å². The van der Waals surface area contributed by atoms with Crippen LogP contribution in [0.2, 0.25) is 0 Å². The molecule has 0 fully saturated rings. The number of thiophene rings is 1. The van der Waals surface area contributed by atoms with Crippen LogP contribution in [0, 0.1) is 0 Å². The summed E-state index contributed by atoms with van der Waals surface area (Å²) in [4.78, 5) is 13.4. The molecule has 0 unspecified atom stereocenters. The van der Waals surface area contributed by atoms with Gasteiger partial charge < -0.3 is 18.9 Å². The summed E-state index contributed by atoms with van der Waals surface area (Å²) >= 11 is 1.82. The topological polar surface area (TPSA) is 42.1 Å². The highest BCUT2D eigenvalue weighted by Gasteiger charge is 2.20. The van der Waals surface area contributed by atoms with E-state index in [9.17, 15) is 0 Å². The van der Waals surface area contributed by atoms with E-state index in [0.29, 0.717) is 0 Å². The van der Waals surface area contributed by atoms with Gasteiger partial charge in [-0.3, -0.25) is 9.97 Å². The molecule has 0 aliphatic rings. The Morgan fingerprint density at radius 1 is 0.274 bits per heavy atom. The van der Waals surface area contributed by atoms with E-state index in [0.717, 1.165) is 79.4 Å². The van der Waals surface area contributed by atoms with Crippen LogP contribution in [-0.4, -0.2) is 19.1 Å². The Hall–Kier alpha value is -9.56. The van der Waals surface area contributed by atoms with E-state index in [1.54, 1.807) is 0 Å². The molecule has 13 rings (SSSR count). The molecule has 0 N–H and O–H groups in total. The Morgan fingerprint density at radius 3 is 0.932 bits per heavy atom. The third-order valence-corrected chi connectivity index (χ3v) is 14.7. The summed E-state index contributed by atoms with van der Waals surface area (Å²) in [5.74, 6) is 0. The lowest BCUT2D eigenvalue weighted by Crippen LogP contribution is -2.10. The van der Waals surface area contributed by atoms with Gasteiger partial charge in [0.2, 0.25) is 0 Å². The fourth-order valence-electron chi connectivity index (χ4n) is 10.2. The van der Waals surface area contributed by atoms with Gasteiger partial charge in [0.1, 0.15) is 0 Å². The lowest BCUT2D eigenvalue weighted by molar-refractivity contribution is 1.09. The number of fused-ring (bicyclic) bond motifs is 3. The van der Waals surface area contributed by atoms with Gasteiger partial charge in [-0.2, -0.15) is 0 Å². The number of rotatable bonds is 12. The van der Waals surface area contributed by atoms with Crippen molar-refractivity contribution in [3.05, 3.63) is 280 Å². The summed E-state index contributed by atoms with van der Waals surface area (Å²) in [7, 11) is 0. The van der Waals surface area contributed by atoms with Gasteiger partial charge in [0.15, 0.2) is 0 Å². The quantitative estimate of drug-likeness (QED) is 0.122. The lowest BCUT2D eigenvalue weighted by Gasteiger charge is -2.26. The van der Waals surface area contributed by atoms with Gasteiger partial charge in [0.05, 0.1) is 22.8 Å². The number of aromatic nitrogens is 4. The molecule has 0 aliphatic heterocycles. The van der Waals surface area contributed by atoms with Crippen LogP contribution in [0.25, 0.3) is 76.6 Å². The zero-order chi connectivity index (χ0) is 48.5. The fourth-order valence-corrected chi connectivity index (χ4v) is 11.4. The van der Waals surface area contributed by atoms with Crippen molar-refractivity contribution in [2.45, 2.75) is 0 Å². The SMILES string of the molecule is c1ccc(-c2ccc(-c3ccc(N(c4ccncc4)c4ccc5c(c4)sc4cc(N(c6ccncc6)c6ccc(-c7ccc(-c8ccccc8)n7-c7ccccc7)cc6)ccc45)cc3)n2-c2ccccc2)cc1. The zero-order valence-corrected chi connectivity index (χ0v) is 40.5. The third-order valence-electron chi connectivity index (χ3n) is 13.6. The van der Waals surface area contributed by atoms with Gasteiger partial charge in [-0.15, -0.1) is 11.3 Å². The molecule has 6 nitrogen and oxygen atoms in total. The van der Waals surface area contributed by atoms with Crippen LogP contribution >= 0.6 is 11.3 Å². The van der Waals surface area contributed by atoms with Crippen LogP contribution < -0.4 is 9.80 Å². The van der Waals surface area contributed by atoms with Crippen LogP contribution in [0.1, 0.15) is 0 Å². The van der Waals surface area contributed by atoms with Gasteiger partial charge >= 0.3 is 0 Å². The summed E-state index contributed by atoms with van der Waals surface area (Å²) in [5.41, 5.74) is 17.7. The third kappa shape index (κ3) is 8.23. The minimum atomic E-state index is 1.04. The highest BCUT2D eigenvalue weighted by Crippen LogP contribution is 2.45. The average Bonchev–Trinajstić information content (AvgIpc) is 4.21. The molecule has 346 valence electrons. The standard InChI is InChI=1S/C66H46N6S/c1-5-13-47(14-6-1)61-33-35-63(71(61)51-17-9-3-10-18-51)49-21-25-53(26-22-49)69(55-37-41-67-42-38-55)57-29-31-59-60-32-30-58(46-66(60)73-65(59)45-57)70(56-39-43-68-44-40-56)54-27-23-50(24-28-54)64-36-34-62(48-15-7-2-8-16-48)72(64)52-19-11-4-12-20-52/h1-46H. The van der Waals surface area contributed by atoms with Crippen molar-refractivity contribution >= 4 is 65.6 Å². The predicted molar refractivity (Wildman–Crippen MR) is 305 cm³/mol. The van der Waals surface area contributed by atoms with Gasteiger partial charge in [-0.1, -0.05) is 133 Å². The second-order valence-electron chi connectivity index (χ2n) is 17.9. The Balaban J connectivity index is 0.850. The predicted octanol–water partition coefficient (Wildman–Crippen LogP) is 18.0. The maximum Gasteiger partial charge on any atom is 0.0535 e. The highest BCUT2D eigenvalue weighted by atomic mass is 32.1. The maximum absolute atomic E-state index is 4.39. The average molecular weight is 955 g/mol. The van der Waals surface area contributed by atoms with Crippen molar-refractivity contribution in [1.29, 1.82) is 0 Å². The Morgan fingerprint density at radius 2 is 0.575 bits per heavy atom. The monoisotopic (exact) mass is 954 g/mol. The minimum Gasteiger partial charge on any atom is -0.310 e. The van der Waals surface area contributed by atoms with Gasteiger partial charge in [0.25, 0.3) is 0 Å². The van der Waals surface area contributed by atoms with E-state index >= 15 is 0 Å². The van der Waals surface area contributed by atoms with E-state index in [-0.39, 0.29) is 0 Å². The smallest absolute Gasteiger partial charge is 0.0535 e. The molecule has 0 radical (unpaired) electrons. The molecule has 0 amide bonds. The molecule has 0 saturated heterocycles. The Bertz CT molecular complexity index is 3720. The lowest BCUT2D eigenvalue weighted by atomic mass is 10.1. The Labute approximate surface area is 428 Å². The number of hydrogen-bond acceptors (Lipinski definition) is 5. The van der Waals surface area contributed by atoms with E-state index in [1.165, 1.54) is 31.3 Å². The minimum absolute atomic E-state index is 1.04. The second kappa shape index (κ2) is 19.0.